The largest absolute Gasteiger partial charge is 0.459 e. The van der Waals surface area contributed by atoms with E-state index in [2.05, 4.69) is 15.9 Å². The highest BCUT2D eigenvalue weighted by atomic mass is 79.9. The number of carbonyl (C=O) groups is 1. The molecule has 1 aliphatic rings. The minimum atomic E-state index is -0.545. The maximum atomic E-state index is 12.1. The number of benzene rings is 1. The number of nitro benzene ring substituents is 1. The lowest BCUT2D eigenvalue weighted by atomic mass is 10.0. The van der Waals surface area contributed by atoms with Crippen LogP contribution in [0.4, 0.5) is 5.69 Å². The summed E-state index contributed by atoms with van der Waals surface area (Å²) in [6, 6.07) is 4.20. The molecule has 6 nitrogen and oxygen atoms in total. The zero-order chi connectivity index (χ0) is 15.6. The van der Waals surface area contributed by atoms with Crippen molar-refractivity contribution in [3.05, 3.63) is 38.3 Å². The maximum absolute atomic E-state index is 12.1. The summed E-state index contributed by atoms with van der Waals surface area (Å²) >= 11 is 3.08. The molecule has 1 saturated heterocycles. The van der Waals surface area contributed by atoms with Crippen LogP contribution in [0.1, 0.15) is 37.0 Å². The number of esters is 1. The molecule has 0 aromatic heterocycles. The summed E-state index contributed by atoms with van der Waals surface area (Å²) in [5, 5.41) is 10.9. The van der Waals surface area contributed by atoms with Crippen LogP contribution in [0.25, 0.3) is 0 Å². The second-order valence-electron chi connectivity index (χ2n) is 5.18. The molecule has 1 fully saturated rings. The normalized spacial score (nSPS) is 25.4. The lowest BCUT2D eigenvalue weighted by Crippen LogP contribution is -2.35. The molecule has 1 aliphatic heterocycles. The van der Waals surface area contributed by atoms with E-state index in [0.29, 0.717) is 17.3 Å². The Morgan fingerprint density at radius 3 is 2.57 bits per heavy atom. The van der Waals surface area contributed by atoms with Gasteiger partial charge < -0.3 is 9.47 Å². The Morgan fingerprint density at radius 1 is 1.38 bits per heavy atom. The molecule has 0 spiro atoms. The van der Waals surface area contributed by atoms with Crippen molar-refractivity contribution in [1.82, 2.24) is 0 Å². The van der Waals surface area contributed by atoms with Gasteiger partial charge in [0.25, 0.3) is 5.69 Å². The minimum absolute atomic E-state index is 0.0332. The maximum Gasteiger partial charge on any atom is 0.338 e. The summed E-state index contributed by atoms with van der Waals surface area (Å²) in [5.41, 5.74) is 0.0230. The van der Waals surface area contributed by atoms with Crippen LogP contribution in [0.2, 0.25) is 0 Å². The summed E-state index contributed by atoms with van der Waals surface area (Å²) in [7, 11) is 0. The van der Waals surface area contributed by atoms with Crippen molar-refractivity contribution >= 4 is 27.6 Å². The second kappa shape index (κ2) is 6.53. The van der Waals surface area contributed by atoms with E-state index in [1.807, 2.05) is 13.8 Å². The van der Waals surface area contributed by atoms with Crippen molar-refractivity contribution in [2.75, 3.05) is 0 Å². The van der Waals surface area contributed by atoms with Crippen molar-refractivity contribution in [3.63, 3.8) is 0 Å². The SMILES string of the molecule is CC1CC(OC(=O)c2ccc(Br)c([N+](=O)[O-])c2)CC(C)O1. The number of hydrogen-bond donors (Lipinski definition) is 0. The van der Waals surface area contributed by atoms with Crippen molar-refractivity contribution in [2.45, 2.75) is 45.0 Å². The van der Waals surface area contributed by atoms with Crippen LogP contribution in [-0.4, -0.2) is 29.2 Å². The molecule has 1 aromatic carbocycles. The average Bonchev–Trinajstić information content (AvgIpc) is 2.37. The summed E-state index contributed by atoms with van der Waals surface area (Å²) in [6.45, 7) is 3.86. The third kappa shape index (κ3) is 4.01. The van der Waals surface area contributed by atoms with Gasteiger partial charge in [-0.05, 0) is 41.9 Å². The van der Waals surface area contributed by atoms with Gasteiger partial charge in [-0.15, -0.1) is 0 Å². The van der Waals surface area contributed by atoms with Gasteiger partial charge in [0, 0.05) is 18.9 Å². The molecular formula is C14H16BrNO5. The topological polar surface area (TPSA) is 78.7 Å². The Kier molecular flexibility index (Phi) is 4.95. The molecule has 0 radical (unpaired) electrons. The van der Waals surface area contributed by atoms with E-state index in [1.54, 1.807) is 0 Å². The highest BCUT2D eigenvalue weighted by Crippen LogP contribution is 2.27. The lowest BCUT2D eigenvalue weighted by Gasteiger charge is -2.31. The minimum Gasteiger partial charge on any atom is -0.459 e. The van der Waals surface area contributed by atoms with E-state index in [4.69, 9.17) is 9.47 Å². The van der Waals surface area contributed by atoms with E-state index in [-0.39, 0.29) is 29.6 Å². The van der Waals surface area contributed by atoms with Crippen LogP contribution in [0.5, 0.6) is 0 Å². The van der Waals surface area contributed by atoms with E-state index in [0.717, 1.165) is 0 Å². The van der Waals surface area contributed by atoms with Crippen LogP contribution in [0, 0.1) is 10.1 Å². The van der Waals surface area contributed by atoms with Gasteiger partial charge in [-0.1, -0.05) is 0 Å². The van der Waals surface area contributed by atoms with Gasteiger partial charge in [0.2, 0.25) is 0 Å². The number of rotatable bonds is 3. The van der Waals surface area contributed by atoms with Crippen molar-refractivity contribution in [1.29, 1.82) is 0 Å². The highest BCUT2D eigenvalue weighted by Gasteiger charge is 2.28. The van der Waals surface area contributed by atoms with E-state index < -0.39 is 10.9 Å². The third-order valence-electron chi connectivity index (χ3n) is 3.31. The molecule has 1 heterocycles. The first-order valence-electron chi connectivity index (χ1n) is 6.67. The summed E-state index contributed by atoms with van der Waals surface area (Å²) in [5.74, 6) is -0.545. The van der Waals surface area contributed by atoms with Crippen molar-refractivity contribution in [3.8, 4) is 0 Å². The van der Waals surface area contributed by atoms with Gasteiger partial charge in [0.1, 0.15) is 6.10 Å². The molecular weight excluding hydrogens is 342 g/mol. The van der Waals surface area contributed by atoms with Gasteiger partial charge in [-0.3, -0.25) is 10.1 Å². The molecule has 2 unspecified atom stereocenters. The predicted octanol–water partition coefficient (Wildman–Crippen LogP) is 3.47. The number of carbonyl (C=O) groups excluding carboxylic acids is 1. The number of ether oxygens (including phenoxy) is 2. The van der Waals surface area contributed by atoms with Crippen LogP contribution in [-0.2, 0) is 9.47 Å². The van der Waals surface area contributed by atoms with Gasteiger partial charge >= 0.3 is 5.97 Å². The fourth-order valence-corrected chi connectivity index (χ4v) is 2.83. The summed E-state index contributed by atoms with van der Waals surface area (Å²) in [6.07, 6.45) is 1.11. The predicted molar refractivity (Wildman–Crippen MR) is 79.2 cm³/mol. The Balaban J connectivity index is 2.10. The summed E-state index contributed by atoms with van der Waals surface area (Å²) in [4.78, 5) is 22.4. The Hall–Kier alpha value is -1.47. The fraction of sp³-hybridized carbons (Fsp3) is 0.500. The first-order chi connectivity index (χ1) is 9.86. The molecule has 114 valence electrons. The zero-order valence-corrected chi connectivity index (χ0v) is 13.3. The van der Waals surface area contributed by atoms with E-state index >= 15 is 0 Å². The number of halogens is 1. The van der Waals surface area contributed by atoms with Crippen molar-refractivity contribution in [2.24, 2.45) is 0 Å². The van der Waals surface area contributed by atoms with Gasteiger partial charge in [0.05, 0.1) is 27.2 Å². The molecule has 0 aliphatic carbocycles. The first-order valence-corrected chi connectivity index (χ1v) is 7.46. The Bertz CT molecular complexity index is 552. The Labute approximate surface area is 130 Å². The molecule has 0 bridgehead atoms. The van der Waals surface area contributed by atoms with Crippen LogP contribution in [0.15, 0.2) is 22.7 Å². The lowest BCUT2D eigenvalue weighted by molar-refractivity contribution is -0.385. The zero-order valence-electron chi connectivity index (χ0n) is 11.7. The molecule has 2 rings (SSSR count). The third-order valence-corrected chi connectivity index (χ3v) is 3.98. The van der Waals surface area contributed by atoms with Gasteiger partial charge in [-0.25, -0.2) is 4.79 Å². The van der Waals surface area contributed by atoms with Gasteiger partial charge in [0.15, 0.2) is 0 Å². The van der Waals surface area contributed by atoms with E-state index in [1.165, 1.54) is 18.2 Å². The van der Waals surface area contributed by atoms with Crippen LogP contribution in [0.3, 0.4) is 0 Å². The van der Waals surface area contributed by atoms with Crippen molar-refractivity contribution < 1.29 is 19.2 Å². The summed E-state index contributed by atoms with van der Waals surface area (Å²) < 4.78 is 11.4. The molecule has 0 N–H and O–H groups in total. The molecule has 0 amide bonds. The van der Waals surface area contributed by atoms with Crippen LogP contribution >= 0.6 is 15.9 Å². The average molecular weight is 358 g/mol. The standard InChI is InChI=1S/C14H16BrNO5/c1-8-5-11(6-9(2)20-8)21-14(17)10-3-4-12(15)13(7-10)16(18)19/h3-4,7-9,11H,5-6H2,1-2H3. The molecule has 1 aromatic rings. The van der Waals surface area contributed by atoms with E-state index in [9.17, 15) is 14.9 Å². The number of hydrogen-bond acceptors (Lipinski definition) is 5. The molecule has 21 heavy (non-hydrogen) atoms. The number of nitro groups is 1. The van der Waals surface area contributed by atoms with Crippen LogP contribution < -0.4 is 0 Å². The van der Waals surface area contributed by atoms with Gasteiger partial charge in [-0.2, -0.15) is 0 Å². The Morgan fingerprint density at radius 2 is 2.00 bits per heavy atom. The smallest absolute Gasteiger partial charge is 0.338 e. The second-order valence-corrected chi connectivity index (χ2v) is 6.03. The number of nitrogens with zero attached hydrogens (tertiary/aromatic N) is 1. The molecule has 7 heteroatoms. The first kappa shape index (κ1) is 15.9. The highest BCUT2D eigenvalue weighted by molar-refractivity contribution is 9.10. The monoisotopic (exact) mass is 357 g/mol. The fourth-order valence-electron chi connectivity index (χ4n) is 2.44. The molecule has 0 saturated carbocycles. The molecule has 2 atom stereocenters. The quantitative estimate of drug-likeness (QED) is 0.470.